The van der Waals surface area contributed by atoms with Gasteiger partial charge in [-0.05, 0) is 50.7 Å². The molecule has 1 saturated carbocycles. The topological polar surface area (TPSA) is 74.4 Å². The highest BCUT2D eigenvalue weighted by Crippen LogP contribution is 2.32. The number of nitrogens with one attached hydrogen (secondary N) is 4. The molecule has 7 heteroatoms. The number of fused-ring (bicyclic) bond motifs is 1. The molecular formula is C19H27FN4O2. The average molecular weight is 362 g/mol. The lowest BCUT2D eigenvalue weighted by atomic mass is 9.83. The molecule has 4 N–H and O–H groups in total. The fraction of sp³-hybridized carbons (Fsp3) is 0.632. The molecule has 2 fully saturated rings. The standard InChI is InChI=1S/C19H27FN4O2/c1-10-6-7-15(20)14-9-16(23-17(10)14)19(25)22-13-5-3-4-12(8-13)18-21-11(2)26-24-18/h6-7,11-13,16,18,21,23-24H,3-5,8-9H2,1-2H3,(H,22,25)/t11?,12-,13+,16?,18?/m1/s1. The van der Waals surface area contributed by atoms with Gasteiger partial charge in [-0.1, -0.05) is 12.5 Å². The zero-order chi connectivity index (χ0) is 18.3. The van der Waals surface area contributed by atoms with Crippen molar-refractivity contribution >= 4 is 11.6 Å². The maximum absolute atomic E-state index is 14.0. The van der Waals surface area contributed by atoms with E-state index in [0.717, 1.165) is 36.9 Å². The number of rotatable bonds is 3. The van der Waals surface area contributed by atoms with E-state index in [4.69, 9.17) is 4.84 Å². The maximum Gasteiger partial charge on any atom is 0.243 e. The minimum Gasteiger partial charge on any atom is -0.373 e. The third kappa shape index (κ3) is 3.43. The number of halogens is 1. The van der Waals surface area contributed by atoms with Crippen molar-refractivity contribution in [2.24, 2.45) is 5.92 Å². The summed E-state index contributed by atoms with van der Waals surface area (Å²) in [4.78, 5) is 18.1. The minimum absolute atomic E-state index is 0.00861. The minimum atomic E-state index is -0.396. The summed E-state index contributed by atoms with van der Waals surface area (Å²) >= 11 is 0. The third-order valence-corrected chi connectivity index (χ3v) is 5.83. The van der Waals surface area contributed by atoms with E-state index in [1.807, 2.05) is 13.8 Å². The summed E-state index contributed by atoms with van der Waals surface area (Å²) in [5, 5.41) is 9.76. The van der Waals surface area contributed by atoms with Gasteiger partial charge in [0.05, 0.1) is 6.17 Å². The molecule has 1 aromatic carbocycles. The Balaban J connectivity index is 1.35. The van der Waals surface area contributed by atoms with Crippen LogP contribution in [0.1, 0.15) is 43.7 Å². The largest absolute Gasteiger partial charge is 0.373 e. The summed E-state index contributed by atoms with van der Waals surface area (Å²) < 4.78 is 14.0. The van der Waals surface area contributed by atoms with Crippen LogP contribution in [0.4, 0.5) is 10.1 Å². The SMILES string of the molecule is Cc1ccc(F)c2c1NC(C(=O)N[C@H]1CCC[C@@H](C3NOC(C)N3)C1)C2. The molecule has 0 spiro atoms. The Bertz CT molecular complexity index is 667. The van der Waals surface area contributed by atoms with Crippen LogP contribution in [0.2, 0.25) is 0 Å². The normalized spacial score (nSPS) is 33.6. The predicted octanol–water partition coefficient (Wildman–Crippen LogP) is 1.94. The van der Waals surface area contributed by atoms with E-state index in [0.29, 0.717) is 17.9 Å². The Labute approximate surface area is 153 Å². The first-order valence-corrected chi connectivity index (χ1v) is 9.53. The van der Waals surface area contributed by atoms with Gasteiger partial charge < -0.3 is 10.6 Å². The Morgan fingerprint density at radius 1 is 1.35 bits per heavy atom. The van der Waals surface area contributed by atoms with Crippen LogP contribution < -0.4 is 21.4 Å². The molecule has 0 radical (unpaired) electrons. The number of anilines is 1. The van der Waals surface area contributed by atoms with E-state index < -0.39 is 6.04 Å². The number of aryl methyl sites for hydroxylation is 1. The molecule has 4 rings (SSSR count). The third-order valence-electron chi connectivity index (χ3n) is 5.83. The fourth-order valence-electron chi connectivity index (χ4n) is 4.42. The van der Waals surface area contributed by atoms with Crippen LogP contribution in [-0.4, -0.2) is 30.4 Å². The van der Waals surface area contributed by atoms with Gasteiger partial charge in [0, 0.05) is 23.7 Å². The molecule has 3 aliphatic rings. The van der Waals surface area contributed by atoms with E-state index in [2.05, 4.69) is 21.4 Å². The van der Waals surface area contributed by atoms with Crippen molar-refractivity contribution in [1.29, 1.82) is 0 Å². The summed E-state index contributed by atoms with van der Waals surface area (Å²) in [5.74, 6) is 0.147. The monoisotopic (exact) mass is 362 g/mol. The highest BCUT2D eigenvalue weighted by Gasteiger charge is 2.35. The van der Waals surface area contributed by atoms with Crippen LogP contribution in [-0.2, 0) is 16.1 Å². The first-order chi connectivity index (χ1) is 12.5. The van der Waals surface area contributed by atoms with Gasteiger partial charge in [-0.3, -0.25) is 14.9 Å². The molecule has 26 heavy (non-hydrogen) atoms. The molecular weight excluding hydrogens is 335 g/mol. The Hall–Kier alpha value is -1.70. The Kier molecular flexibility index (Phi) is 4.86. The number of hydroxylamine groups is 1. The van der Waals surface area contributed by atoms with Crippen molar-refractivity contribution in [3.05, 3.63) is 29.1 Å². The molecule has 0 aromatic heterocycles. The molecule has 6 nitrogen and oxygen atoms in total. The Morgan fingerprint density at radius 2 is 2.19 bits per heavy atom. The number of benzene rings is 1. The van der Waals surface area contributed by atoms with Crippen LogP contribution in [0, 0.1) is 18.7 Å². The van der Waals surface area contributed by atoms with Gasteiger partial charge in [-0.15, -0.1) is 0 Å². The highest BCUT2D eigenvalue weighted by atomic mass is 19.1. The van der Waals surface area contributed by atoms with Crippen LogP contribution in [0.25, 0.3) is 0 Å². The van der Waals surface area contributed by atoms with Crippen molar-refractivity contribution in [1.82, 2.24) is 16.1 Å². The first kappa shape index (κ1) is 17.7. The summed E-state index contributed by atoms with van der Waals surface area (Å²) in [6.45, 7) is 3.90. The quantitative estimate of drug-likeness (QED) is 0.661. The zero-order valence-electron chi connectivity index (χ0n) is 15.3. The molecule has 5 atom stereocenters. The van der Waals surface area contributed by atoms with Gasteiger partial charge in [0.15, 0.2) is 0 Å². The second-order valence-corrected chi connectivity index (χ2v) is 7.77. The highest BCUT2D eigenvalue weighted by molar-refractivity contribution is 5.88. The van der Waals surface area contributed by atoms with Crippen LogP contribution in [0.5, 0.6) is 0 Å². The smallest absolute Gasteiger partial charge is 0.243 e. The fourth-order valence-corrected chi connectivity index (χ4v) is 4.42. The van der Waals surface area contributed by atoms with E-state index in [9.17, 15) is 9.18 Å². The van der Waals surface area contributed by atoms with Crippen molar-refractivity contribution in [3.63, 3.8) is 0 Å². The van der Waals surface area contributed by atoms with Crippen molar-refractivity contribution in [2.45, 2.75) is 70.4 Å². The molecule has 1 aliphatic carbocycles. The van der Waals surface area contributed by atoms with Gasteiger partial charge in [0.1, 0.15) is 18.1 Å². The molecule has 2 aliphatic heterocycles. The maximum atomic E-state index is 14.0. The van der Waals surface area contributed by atoms with Gasteiger partial charge in [-0.25, -0.2) is 4.39 Å². The second-order valence-electron chi connectivity index (χ2n) is 7.77. The number of hydrogen-bond donors (Lipinski definition) is 4. The van der Waals surface area contributed by atoms with Gasteiger partial charge in [0.25, 0.3) is 0 Å². The van der Waals surface area contributed by atoms with Crippen LogP contribution in [0.3, 0.4) is 0 Å². The van der Waals surface area contributed by atoms with Crippen molar-refractivity contribution < 1.29 is 14.0 Å². The number of hydrogen-bond acceptors (Lipinski definition) is 5. The van der Waals surface area contributed by atoms with Crippen LogP contribution >= 0.6 is 0 Å². The zero-order valence-corrected chi connectivity index (χ0v) is 15.3. The van der Waals surface area contributed by atoms with Gasteiger partial charge in [0.2, 0.25) is 5.91 Å². The molecule has 1 saturated heterocycles. The number of amides is 1. The molecule has 0 bridgehead atoms. The summed E-state index contributed by atoms with van der Waals surface area (Å²) in [6, 6.07) is 2.98. The summed E-state index contributed by atoms with van der Waals surface area (Å²) in [5.41, 5.74) is 5.42. The molecule has 142 valence electrons. The lowest BCUT2D eigenvalue weighted by Gasteiger charge is -2.33. The number of carbonyl (C=O) groups excluding carboxylic acids is 1. The molecule has 1 aromatic rings. The Morgan fingerprint density at radius 3 is 2.92 bits per heavy atom. The molecule has 2 heterocycles. The van der Waals surface area contributed by atoms with Crippen molar-refractivity contribution in [3.8, 4) is 0 Å². The lowest BCUT2D eigenvalue weighted by molar-refractivity contribution is -0.122. The number of carbonyl (C=O) groups is 1. The van der Waals surface area contributed by atoms with Gasteiger partial charge in [-0.2, -0.15) is 5.48 Å². The van der Waals surface area contributed by atoms with E-state index in [1.54, 1.807) is 6.07 Å². The lowest BCUT2D eigenvalue weighted by Crippen LogP contribution is -2.49. The van der Waals surface area contributed by atoms with E-state index in [-0.39, 0.29) is 30.2 Å². The van der Waals surface area contributed by atoms with Crippen molar-refractivity contribution in [2.75, 3.05) is 5.32 Å². The van der Waals surface area contributed by atoms with E-state index in [1.165, 1.54) is 6.07 Å². The summed E-state index contributed by atoms with van der Waals surface area (Å²) in [6.07, 6.45) is 4.64. The van der Waals surface area contributed by atoms with E-state index >= 15 is 0 Å². The van der Waals surface area contributed by atoms with Gasteiger partial charge >= 0.3 is 0 Å². The van der Waals surface area contributed by atoms with Crippen LogP contribution in [0.15, 0.2) is 12.1 Å². The first-order valence-electron chi connectivity index (χ1n) is 9.53. The predicted molar refractivity (Wildman–Crippen MR) is 96.7 cm³/mol. The average Bonchev–Trinajstić information content (AvgIpc) is 3.26. The molecule has 1 amide bonds. The molecule has 3 unspecified atom stereocenters. The summed E-state index contributed by atoms with van der Waals surface area (Å²) in [7, 11) is 0. The second kappa shape index (κ2) is 7.13.